The summed E-state index contributed by atoms with van der Waals surface area (Å²) in [6.45, 7) is 3.70. The van der Waals surface area contributed by atoms with Gasteiger partial charge in [-0.1, -0.05) is 6.92 Å². The van der Waals surface area contributed by atoms with Gasteiger partial charge >= 0.3 is 0 Å². The average molecular weight is 555 g/mol. The minimum absolute atomic E-state index is 0.000374. The van der Waals surface area contributed by atoms with Gasteiger partial charge in [-0.25, -0.2) is 18.2 Å². The van der Waals surface area contributed by atoms with Crippen molar-refractivity contribution in [3.63, 3.8) is 0 Å². The van der Waals surface area contributed by atoms with E-state index >= 15 is 8.78 Å². The monoisotopic (exact) mass is 554 g/mol. The number of nitrogens with two attached hydrogens (primary N) is 1. The van der Waals surface area contributed by atoms with Crippen LogP contribution in [0.15, 0.2) is 42.7 Å². The molecule has 7 nitrogen and oxygen atoms in total. The Morgan fingerprint density at radius 1 is 1.07 bits per heavy atom. The Bertz CT molecular complexity index is 1330. The Morgan fingerprint density at radius 2 is 1.82 bits per heavy atom. The molecule has 0 radical (unpaired) electrons. The van der Waals surface area contributed by atoms with Crippen molar-refractivity contribution in [3.05, 3.63) is 71.4 Å². The molecule has 1 aliphatic carbocycles. The summed E-state index contributed by atoms with van der Waals surface area (Å²) in [5.41, 5.74) is 6.18. The highest BCUT2D eigenvalue weighted by Crippen LogP contribution is 2.38. The van der Waals surface area contributed by atoms with Crippen LogP contribution in [0.5, 0.6) is 5.75 Å². The number of benzene rings is 1. The third kappa shape index (κ3) is 6.45. The lowest BCUT2D eigenvalue weighted by atomic mass is 9.76. The lowest BCUT2D eigenvalue weighted by Crippen LogP contribution is -2.31. The number of carbonyl (C=O) groups is 1. The Morgan fingerprint density at radius 3 is 2.55 bits per heavy atom. The number of ether oxygens (including phenoxy) is 2. The van der Waals surface area contributed by atoms with E-state index in [-0.39, 0.29) is 29.3 Å². The molecule has 1 aliphatic heterocycles. The number of pyridine rings is 2. The quantitative estimate of drug-likeness (QED) is 0.380. The predicted octanol–water partition coefficient (Wildman–Crippen LogP) is 5.85. The molecule has 0 spiro atoms. The standard InChI is InChI=1S/C30H33F3N4O3/c1-17-10-19(12-20(34)11-17)22-4-7-35-15-27(22)37-30(38)26-3-2-23(31)29(36-26)28-24(32)13-21(14-25(28)33)40-16-18-5-8-39-9-6-18/h2-4,7,13-15,17-20H,5-6,8-12,16,34H2,1H3,(H,37,38). The van der Waals surface area contributed by atoms with Crippen LogP contribution < -0.4 is 15.8 Å². The van der Waals surface area contributed by atoms with Crippen molar-refractivity contribution in [2.24, 2.45) is 17.6 Å². The van der Waals surface area contributed by atoms with Crippen LogP contribution in [0.1, 0.15) is 61.0 Å². The molecular formula is C30H33F3N4O3. The first-order chi connectivity index (χ1) is 19.3. The fourth-order valence-electron chi connectivity index (χ4n) is 5.69. The molecule has 1 aromatic carbocycles. The average Bonchev–Trinajstić information content (AvgIpc) is 2.93. The van der Waals surface area contributed by atoms with E-state index in [1.54, 1.807) is 12.4 Å². The van der Waals surface area contributed by atoms with Gasteiger partial charge in [0.1, 0.15) is 34.6 Å². The molecule has 3 heterocycles. The van der Waals surface area contributed by atoms with Gasteiger partial charge in [0, 0.05) is 37.6 Å². The number of aromatic nitrogens is 2. The summed E-state index contributed by atoms with van der Waals surface area (Å²) in [5.74, 6) is -2.88. The van der Waals surface area contributed by atoms with E-state index in [9.17, 15) is 9.18 Å². The molecule has 212 valence electrons. The van der Waals surface area contributed by atoms with Crippen LogP contribution in [-0.2, 0) is 4.74 Å². The molecule has 3 atom stereocenters. The van der Waals surface area contributed by atoms with Crippen LogP contribution in [0.3, 0.4) is 0 Å². The maximum Gasteiger partial charge on any atom is 0.274 e. The first-order valence-electron chi connectivity index (χ1n) is 13.7. The molecule has 2 aliphatic rings. The zero-order chi connectivity index (χ0) is 28.2. The Hall–Kier alpha value is -3.50. The summed E-state index contributed by atoms with van der Waals surface area (Å²) in [7, 11) is 0. The Balaban J connectivity index is 1.35. The van der Waals surface area contributed by atoms with Gasteiger partial charge in [-0.2, -0.15) is 0 Å². The van der Waals surface area contributed by atoms with Crippen molar-refractivity contribution in [3.8, 4) is 17.0 Å². The summed E-state index contributed by atoms with van der Waals surface area (Å²) in [6.07, 6.45) is 7.47. The number of halogens is 3. The Labute approximate surface area is 231 Å². The maximum absolute atomic E-state index is 15.1. The van der Waals surface area contributed by atoms with Crippen LogP contribution in [0, 0.1) is 29.3 Å². The zero-order valence-corrected chi connectivity index (χ0v) is 22.3. The molecule has 3 N–H and O–H groups in total. The molecule has 2 aromatic heterocycles. The van der Waals surface area contributed by atoms with Gasteiger partial charge in [-0.3, -0.25) is 9.78 Å². The number of nitrogens with zero attached hydrogens (tertiary/aromatic N) is 2. The lowest BCUT2D eigenvalue weighted by Gasteiger charge is -2.32. The maximum atomic E-state index is 15.1. The minimum Gasteiger partial charge on any atom is -0.493 e. The van der Waals surface area contributed by atoms with Crippen molar-refractivity contribution in [2.45, 2.75) is 51.0 Å². The van der Waals surface area contributed by atoms with Gasteiger partial charge < -0.3 is 20.5 Å². The van der Waals surface area contributed by atoms with Gasteiger partial charge in [0.2, 0.25) is 0 Å². The molecular weight excluding hydrogens is 521 g/mol. The highest BCUT2D eigenvalue weighted by molar-refractivity contribution is 6.03. The van der Waals surface area contributed by atoms with Crippen LogP contribution in [0.2, 0.25) is 0 Å². The number of anilines is 1. The highest BCUT2D eigenvalue weighted by atomic mass is 19.1. The molecule has 40 heavy (non-hydrogen) atoms. The van der Waals surface area contributed by atoms with Crippen molar-refractivity contribution < 1.29 is 27.4 Å². The molecule has 3 aromatic rings. The Kier molecular flexibility index (Phi) is 8.66. The van der Waals surface area contributed by atoms with Crippen molar-refractivity contribution in [2.75, 3.05) is 25.1 Å². The first kappa shape index (κ1) is 28.0. The van der Waals surface area contributed by atoms with Gasteiger partial charge in [-0.15, -0.1) is 0 Å². The second kappa shape index (κ2) is 12.3. The largest absolute Gasteiger partial charge is 0.493 e. The summed E-state index contributed by atoms with van der Waals surface area (Å²) >= 11 is 0. The summed E-state index contributed by atoms with van der Waals surface area (Å²) in [6, 6.07) is 6.06. The molecule has 1 amide bonds. The van der Waals surface area contributed by atoms with E-state index in [1.807, 2.05) is 6.07 Å². The van der Waals surface area contributed by atoms with Gasteiger partial charge in [-0.05, 0) is 73.6 Å². The number of hydrogen-bond acceptors (Lipinski definition) is 6. The SMILES string of the molecule is CC1CC(N)CC(c2ccncc2NC(=O)c2ccc(F)c(-c3c(F)cc(OCC4CCOCC4)cc3F)n2)C1. The fraction of sp³-hybridized carbons (Fsp3) is 0.433. The van der Waals surface area contributed by atoms with E-state index < -0.39 is 34.6 Å². The van der Waals surface area contributed by atoms with Crippen LogP contribution in [0.4, 0.5) is 18.9 Å². The molecule has 3 unspecified atom stereocenters. The normalized spacial score (nSPS) is 21.7. The van der Waals surface area contributed by atoms with Gasteiger partial charge in [0.15, 0.2) is 0 Å². The van der Waals surface area contributed by atoms with E-state index in [4.69, 9.17) is 15.2 Å². The lowest BCUT2D eigenvalue weighted by molar-refractivity contribution is 0.0496. The summed E-state index contributed by atoms with van der Waals surface area (Å²) < 4.78 is 55.9. The molecule has 5 rings (SSSR count). The first-order valence-corrected chi connectivity index (χ1v) is 13.7. The van der Waals surface area contributed by atoms with E-state index in [1.165, 1.54) is 6.07 Å². The van der Waals surface area contributed by atoms with Crippen molar-refractivity contribution >= 4 is 11.6 Å². The van der Waals surface area contributed by atoms with Crippen molar-refractivity contribution in [1.29, 1.82) is 0 Å². The fourth-order valence-corrected chi connectivity index (χ4v) is 5.69. The second-order valence-electron chi connectivity index (χ2n) is 10.8. The number of nitrogens with one attached hydrogen (secondary N) is 1. The summed E-state index contributed by atoms with van der Waals surface area (Å²) in [4.78, 5) is 21.3. The predicted molar refractivity (Wildman–Crippen MR) is 145 cm³/mol. The number of rotatable bonds is 7. The number of amides is 1. The molecule has 1 saturated heterocycles. The van der Waals surface area contributed by atoms with E-state index in [0.717, 1.165) is 55.9 Å². The van der Waals surface area contributed by atoms with Crippen molar-refractivity contribution in [1.82, 2.24) is 9.97 Å². The molecule has 10 heteroatoms. The van der Waals surface area contributed by atoms with Gasteiger partial charge in [0.25, 0.3) is 5.91 Å². The van der Waals surface area contributed by atoms with E-state index in [0.29, 0.717) is 31.4 Å². The highest BCUT2D eigenvalue weighted by Gasteiger charge is 2.28. The third-order valence-electron chi connectivity index (χ3n) is 7.68. The number of hydrogen-bond donors (Lipinski definition) is 2. The van der Waals surface area contributed by atoms with Crippen LogP contribution in [-0.4, -0.2) is 41.7 Å². The smallest absolute Gasteiger partial charge is 0.274 e. The second-order valence-corrected chi connectivity index (χ2v) is 10.8. The van der Waals surface area contributed by atoms with Crippen LogP contribution >= 0.6 is 0 Å². The third-order valence-corrected chi connectivity index (χ3v) is 7.68. The minimum atomic E-state index is -1.04. The zero-order valence-electron chi connectivity index (χ0n) is 22.3. The molecule has 0 bridgehead atoms. The topological polar surface area (TPSA) is 99.4 Å². The molecule has 2 fully saturated rings. The number of carbonyl (C=O) groups excluding carboxylic acids is 1. The van der Waals surface area contributed by atoms with Crippen LogP contribution in [0.25, 0.3) is 11.3 Å². The molecule has 1 saturated carbocycles. The van der Waals surface area contributed by atoms with Gasteiger partial charge in [0.05, 0.1) is 24.1 Å². The summed E-state index contributed by atoms with van der Waals surface area (Å²) in [5, 5.41) is 2.79. The van der Waals surface area contributed by atoms with E-state index in [2.05, 4.69) is 22.2 Å².